The van der Waals surface area contributed by atoms with E-state index in [2.05, 4.69) is 35.9 Å². The lowest BCUT2D eigenvalue weighted by atomic mass is 10.1. The molecule has 0 aliphatic carbocycles. The summed E-state index contributed by atoms with van der Waals surface area (Å²) in [7, 11) is 0. The molecule has 2 aromatic rings. The molecule has 0 radical (unpaired) electrons. The molecular weight excluding hydrogens is 266 g/mol. The maximum atomic E-state index is 10.9. The van der Waals surface area contributed by atoms with Crippen LogP contribution in [0.15, 0.2) is 36.5 Å². The predicted octanol–water partition coefficient (Wildman–Crippen LogP) is 3.63. The zero-order valence-electron chi connectivity index (χ0n) is 12.5. The van der Waals surface area contributed by atoms with Crippen LogP contribution < -0.4 is 4.90 Å². The van der Waals surface area contributed by atoms with E-state index in [9.17, 15) is 10.1 Å². The summed E-state index contributed by atoms with van der Waals surface area (Å²) >= 11 is 0. The Labute approximate surface area is 124 Å². The Morgan fingerprint density at radius 3 is 2.52 bits per heavy atom. The fourth-order valence-electron chi connectivity index (χ4n) is 2.25. The quantitative estimate of drug-likeness (QED) is 0.621. The fraction of sp³-hybridized carbons (Fsp3) is 0.312. The zero-order valence-corrected chi connectivity index (χ0v) is 12.5. The summed E-state index contributed by atoms with van der Waals surface area (Å²) in [4.78, 5) is 16.8. The molecule has 1 aromatic heterocycles. The Morgan fingerprint density at radius 1 is 1.24 bits per heavy atom. The van der Waals surface area contributed by atoms with E-state index >= 15 is 0 Å². The summed E-state index contributed by atoms with van der Waals surface area (Å²) in [6, 6.07) is 9.99. The maximum Gasteiger partial charge on any atom is 0.290 e. The van der Waals surface area contributed by atoms with Crippen molar-refractivity contribution in [1.29, 1.82) is 0 Å². The molecule has 1 aromatic carbocycles. The fourth-order valence-corrected chi connectivity index (χ4v) is 2.25. The minimum atomic E-state index is -0.399. The summed E-state index contributed by atoms with van der Waals surface area (Å²) < 4.78 is 0. The molecule has 0 unspecified atom stereocenters. The highest BCUT2D eigenvalue weighted by atomic mass is 16.6. The summed E-state index contributed by atoms with van der Waals surface area (Å²) in [5.41, 5.74) is 3.16. The minimum Gasteiger partial charge on any atom is -0.353 e. The van der Waals surface area contributed by atoms with Gasteiger partial charge in [0.05, 0.1) is 4.92 Å². The molecule has 0 aliphatic heterocycles. The normalized spacial score (nSPS) is 10.4. The molecular formula is C16H19N3O2. The van der Waals surface area contributed by atoms with Gasteiger partial charge >= 0.3 is 0 Å². The molecule has 0 amide bonds. The Hall–Kier alpha value is -2.43. The van der Waals surface area contributed by atoms with E-state index in [1.165, 1.54) is 17.3 Å². The third-order valence-corrected chi connectivity index (χ3v) is 3.59. The van der Waals surface area contributed by atoms with Gasteiger partial charge in [-0.05, 0) is 38.0 Å². The van der Waals surface area contributed by atoms with Gasteiger partial charge in [-0.3, -0.25) is 10.1 Å². The molecule has 5 nitrogen and oxygen atoms in total. The van der Waals surface area contributed by atoms with Gasteiger partial charge in [0.25, 0.3) is 5.69 Å². The van der Waals surface area contributed by atoms with Gasteiger partial charge in [-0.1, -0.05) is 24.3 Å². The molecule has 0 spiro atoms. The predicted molar refractivity (Wildman–Crippen MR) is 83.5 cm³/mol. The van der Waals surface area contributed by atoms with Gasteiger partial charge in [0.15, 0.2) is 0 Å². The Morgan fingerprint density at radius 2 is 1.95 bits per heavy atom. The number of anilines is 1. The van der Waals surface area contributed by atoms with E-state index in [0.717, 1.165) is 18.9 Å². The van der Waals surface area contributed by atoms with Crippen LogP contribution in [0.1, 0.15) is 23.6 Å². The van der Waals surface area contributed by atoms with E-state index in [1.54, 1.807) is 13.0 Å². The summed E-state index contributed by atoms with van der Waals surface area (Å²) in [5.74, 6) is 0.767. The van der Waals surface area contributed by atoms with Gasteiger partial charge < -0.3 is 4.90 Å². The molecule has 5 heteroatoms. The standard InChI is InChI=1S/C16H19N3O2/c1-4-18(11-14-8-6-5-7-12(14)2)16-9-13(3)15(10-17-16)19(20)21/h5-10H,4,11H2,1-3H3. The van der Waals surface area contributed by atoms with Crippen molar-refractivity contribution in [3.8, 4) is 0 Å². The Bertz CT molecular complexity index is 656. The van der Waals surface area contributed by atoms with Crippen LogP contribution in [-0.4, -0.2) is 16.5 Å². The Balaban J connectivity index is 2.28. The molecule has 0 saturated carbocycles. The molecule has 0 fully saturated rings. The Kier molecular flexibility index (Phi) is 4.52. The first-order chi connectivity index (χ1) is 10.0. The van der Waals surface area contributed by atoms with Crippen molar-refractivity contribution in [1.82, 2.24) is 4.98 Å². The van der Waals surface area contributed by atoms with E-state index in [-0.39, 0.29) is 5.69 Å². The third-order valence-electron chi connectivity index (χ3n) is 3.59. The lowest BCUT2D eigenvalue weighted by Gasteiger charge is -2.23. The number of hydrogen-bond acceptors (Lipinski definition) is 4. The SMILES string of the molecule is CCN(Cc1ccccc1C)c1cc(C)c([N+](=O)[O-])cn1. The molecule has 1 heterocycles. The number of aryl methyl sites for hydroxylation is 2. The van der Waals surface area contributed by atoms with Crippen LogP contribution in [0.3, 0.4) is 0 Å². The van der Waals surface area contributed by atoms with Crippen LogP contribution in [0.2, 0.25) is 0 Å². The molecule has 21 heavy (non-hydrogen) atoms. The monoisotopic (exact) mass is 285 g/mol. The smallest absolute Gasteiger partial charge is 0.290 e. The van der Waals surface area contributed by atoms with Gasteiger partial charge in [0, 0.05) is 18.7 Å². The number of nitro groups is 1. The maximum absolute atomic E-state index is 10.9. The van der Waals surface area contributed by atoms with Gasteiger partial charge in [0.2, 0.25) is 0 Å². The van der Waals surface area contributed by atoms with E-state index in [1.807, 2.05) is 12.1 Å². The van der Waals surface area contributed by atoms with Gasteiger partial charge in [-0.2, -0.15) is 0 Å². The van der Waals surface area contributed by atoms with Crippen molar-refractivity contribution in [2.24, 2.45) is 0 Å². The second kappa shape index (κ2) is 6.35. The lowest BCUT2D eigenvalue weighted by molar-refractivity contribution is -0.385. The van der Waals surface area contributed by atoms with Crippen molar-refractivity contribution in [3.05, 3.63) is 63.3 Å². The molecule has 0 N–H and O–H groups in total. The lowest BCUT2D eigenvalue weighted by Crippen LogP contribution is -2.23. The van der Waals surface area contributed by atoms with E-state index in [4.69, 9.17) is 0 Å². The second-order valence-electron chi connectivity index (χ2n) is 5.03. The highest BCUT2D eigenvalue weighted by Gasteiger charge is 2.15. The van der Waals surface area contributed by atoms with Gasteiger partial charge in [-0.25, -0.2) is 4.98 Å². The summed E-state index contributed by atoms with van der Waals surface area (Å²) in [6.07, 6.45) is 1.34. The highest BCUT2D eigenvalue weighted by Crippen LogP contribution is 2.23. The van der Waals surface area contributed by atoms with Crippen LogP contribution in [0.5, 0.6) is 0 Å². The molecule has 2 rings (SSSR count). The van der Waals surface area contributed by atoms with Crippen LogP contribution >= 0.6 is 0 Å². The van der Waals surface area contributed by atoms with E-state index < -0.39 is 4.92 Å². The summed E-state index contributed by atoms with van der Waals surface area (Å²) in [5, 5.41) is 10.9. The van der Waals surface area contributed by atoms with Crippen molar-refractivity contribution < 1.29 is 4.92 Å². The van der Waals surface area contributed by atoms with E-state index in [0.29, 0.717) is 5.56 Å². The largest absolute Gasteiger partial charge is 0.353 e. The first kappa shape index (κ1) is 15.0. The summed E-state index contributed by atoms with van der Waals surface area (Å²) in [6.45, 7) is 7.41. The van der Waals surface area contributed by atoms with Crippen molar-refractivity contribution in [2.45, 2.75) is 27.3 Å². The average Bonchev–Trinajstić information content (AvgIpc) is 2.46. The highest BCUT2D eigenvalue weighted by molar-refractivity contribution is 5.49. The minimum absolute atomic E-state index is 0.0608. The average molecular weight is 285 g/mol. The van der Waals surface area contributed by atoms with Gasteiger partial charge in [0.1, 0.15) is 12.0 Å². The molecule has 110 valence electrons. The first-order valence-electron chi connectivity index (χ1n) is 6.93. The first-order valence-corrected chi connectivity index (χ1v) is 6.93. The van der Waals surface area contributed by atoms with Gasteiger partial charge in [-0.15, -0.1) is 0 Å². The van der Waals surface area contributed by atoms with Crippen LogP contribution in [-0.2, 0) is 6.54 Å². The molecule has 0 bridgehead atoms. The van der Waals surface area contributed by atoms with Crippen LogP contribution in [0, 0.1) is 24.0 Å². The second-order valence-corrected chi connectivity index (χ2v) is 5.03. The third kappa shape index (κ3) is 3.37. The number of hydrogen-bond donors (Lipinski definition) is 0. The van der Waals surface area contributed by atoms with Crippen molar-refractivity contribution in [2.75, 3.05) is 11.4 Å². The number of pyridine rings is 1. The molecule has 0 saturated heterocycles. The topological polar surface area (TPSA) is 59.3 Å². The molecule has 0 atom stereocenters. The number of nitrogens with zero attached hydrogens (tertiary/aromatic N) is 3. The number of rotatable bonds is 5. The number of benzene rings is 1. The van der Waals surface area contributed by atoms with Crippen LogP contribution in [0.4, 0.5) is 11.5 Å². The number of aromatic nitrogens is 1. The zero-order chi connectivity index (χ0) is 15.4. The molecule has 0 aliphatic rings. The van der Waals surface area contributed by atoms with Crippen LogP contribution in [0.25, 0.3) is 0 Å². The van der Waals surface area contributed by atoms with Crippen molar-refractivity contribution >= 4 is 11.5 Å². The van der Waals surface area contributed by atoms with Crippen molar-refractivity contribution in [3.63, 3.8) is 0 Å².